The lowest BCUT2D eigenvalue weighted by Crippen LogP contribution is -2.30. The van der Waals surface area contributed by atoms with Crippen molar-refractivity contribution in [1.82, 2.24) is 5.32 Å². The Morgan fingerprint density at radius 3 is 2.62 bits per heavy atom. The first-order valence-electron chi connectivity index (χ1n) is 7.78. The molecule has 2 saturated carbocycles. The Morgan fingerprint density at radius 2 is 1.95 bits per heavy atom. The molecule has 3 N–H and O–H groups in total. The standard InChI is InChI=1S/C17H20N2OS/c18-13-5-6-15-12(7-13)8-16(21-15)17(20)19-9-14(10-1-2-10)11-3-4-11/h5-8,10-11,14H,1-4,9,18H2,(H,19,20). The smallest absolute Gasteiger partial charge is 0.261 e. The van der Waals surface area contributed by atoms with Crippen LogP contribution in [0.1, 0.15) is 35.4 Å². The summed E-state index contributed by atoms with van der Waals surface area (Å²) in [7, 11) is 0. The molecule has 0 atom stereocenters. The molecule has 2 aromatic rings. The summed E-state index contributed by atoms with van der Waals surface area (Å²) in [5.41, 5.74) is 6.54. The lowest BCUT2D eigenvalue weighted by atomic mass is 9.98. The van der Waals surface area contributed by atoms with Gasteiger partial charge in [0.05, 0.1) is 4.88 Å². The highest BCUT2D eigenvalue weighted by atomic mass is 32.1. The maximum Gasteiger partial charge on any atom is 0.261 e. The molecule has 2 aliphatic rings. The molecule has 21 heavy (non-hydrogen) atoms. The lowest BCUT2D eigenvalue weighted by molar-refractivity contribution is 0.0947. The zero-order valence-electron chi connectivity index (χ0n) is 12.0. The first kappa shape index (κ1) is 13.1. The van der Waals surface area contributed by atoms with Gasteiger partial charge in [-0.1, -0.05) is 0 Å². The predicted molar refractivity (Wildman–Crippen MR) is 87.5 cm³/mol. The Balaban J connectivity index is 1.45. The van der Waals surface area contributed by atoms with Crippen molar-refractivity contribution in [3.8, 4) is 0 Å². The van der Waals surface area contributed by atoms with Crippen LogP contribution in [0, 0.1) is 17.8 Å². The zero-order valence-corrected chi connectivity index (χ0v) is 12.8. The van der Waals surface area contributed by atoms with Gasteiger partial charge in [0, 0.05) is 16.9 Å². The third kappa shape index (κ3) is 2.77. The molecule has 110 valence electrons. The number of fused-ring (bicyclic) bond motifs is 1. The molecule has 1 aromatic heterocycles. The summed E-state index contributed by atoms with van der Waals surface area (Å²) in [5, 5.41) is 4.22. The van der Waals surface area contributed by atoms with Crippen LogP contribution in [-0.4, -0.2) is 12.5 Å². The number of rotatable bonds is 5. The Hall–Kier alpha value is -1.55. The fourth-order valence-corrected chi connectivity index (χ4v) is 4.20. The molecule has 4 rings (SSSR count). The van der Waals surface area contributed by atoms with E-state index in [1.807, 2.05) is 24.3 Å². The van der Waals surface area contributed by atoms with E-state index >= 15 is 0 Å². The number of anilines is 1. The fraction of sp³-hybridized carbons (Fsp3) is 0.471. The third-order valence-electron chi connectivity index (χ3n) is 4.72. The largest absolute Gasteiger partial charge is 0.399 e. The van der Waals surface area contributed by atoms with E-state index in [0.717, 1.165) is 44.9 Å². The highest BCUT2D eigenvalue weighted by Crippen LogP contribution is 2.48. The molecule has 0 aliphatic heterocycles. The van der Waals surface area contributed by atoms with Crippen LogP contribution in [0.4, 0.5) is 5.69 Å². The molecule has 2 aliphatic carbocycles. The van der Waals surface area contributed by atoms with Gasteiger partial charge in [-0.3, -0.25) is 4.79 Å². The summed E-state index contributed by atoms with van der Waals surface area (Å²) in [6, 6.07) is 7.76. The molecule has 0 unspecified atom stereocenters. The highest BCUT2D eigenvalue weighted by Gasteiger charge is 2.41. The van der Waals surface area contributed by atoms with Crippen LogP contribution < -0.4 is 11.1 Å². The number of benzene rings is 1. The van der Waals surface area contributed by atoms with E-state index in [9.17, 15) is 4.79 Å². The molecule has 1 aromatic carbocycles. The van der Waals surface area contributed by atoms with Crippen molar-refractivity contribution in [3.05, 3.63) is 29.1 Å². The molecule has 2 fully saturated rings. The fourth-order valence-electron chi connectivity index (χ4n) is 3.24. The Labute approximate surface area is 128 Å². The number of nitrogen functional groups attached to an aromatic ring is 1. The van der Waals surface area contributed by atoms with Crippen LogP contribution in [0.25, 0.3) is 10.1 Å². The molecule has 1 heterocycles. The minimum absolute atomic E-state index is 0.0704. The molecule has 0 spiro atoms. The number of nitrogens with two attached hydrogens (primary N) is 1. The molecular weight excluding hydrogens is 280 g/mol. The Morgan fingerprint density at radius 1 is 1.24 bits per heavy atom. The average Bonchev–Trinajstić information content (AvgIpc) is 3.37. The van der Waals surface area contributed by atoms with Crippen molar-refractivity contribution in [2.45, 2.75) is 25.7 Å². The van der Waals surface area contributed by atoms with Gasteiger partial charge in [-0.15, -0.1) is 11.3 Å². The molecule has 0 saturated heterocycles. The molecule has 3 nitrogen and oxygen atoms in total. The van der Waals surface area contributed by atoms with E-state index < -0.39 is 0 Å². The normalized spacial score (nSPS) is 18.3. The van der Waals surface area contributed by atoms with E-state index in [-0.39, 0.29) is 5.91 Å². The van der Waals surface area contributed by atoms with E-state index in [1.165, 1.54) is 25.7 Å². The predicted octanol–water partition coefficient (Wildman–Crippen LogP) is 3.65. The van der Waals surface area contributed by atoms with Gasteiger partial charge in [-0.2, -0.15) is 0 Å². The van der Waals surface area contributed by atoms with Crippen LogP contribution in [0.5, 0.6) is 0 Å². The van der Waals surface area contributed by atoms with E-state index in [1.54, 1.807) is 11.3 Å². The number of carbonyl (C=O) groups is 1. The van der Waals surface area contributed by atoms with Crippen molar-refractivity contribution in [2.24, 2.45) is 17.8 Å². The molecule has 4 heteroatoms. The van der Waals surface area contributed by atoms with Crippen molar-refractivity contribution in [3.63, 3.8) is 0 Å². The quantitative estimate of drug-likeness (QED) is 0.828. The second-order valence-corrected chi connectivity index (χ2v) is 7.54. The SMILES string of the molecule is Nc1ccc2sc(C(=O)NCC(C3CC3)C3CC3)cc2c1. The molecule has 0 bridgehead atoms. The van der Waals surface area contributed by atoms with Crippen LogP contribution in [0.2, 0.25) is 0 Å². The summed E-state index contributed by atoms with van der Waals surface area (Å²) in [6.45, 7) is 0.852. The monoisotopic (exact) mass is 300 g/mol. The molecule has 0 radical (unpaired) electrons. The number of nitrogens with one attached hydrogen (secondary N) is 1. The molecule has 1 amide bonds. The first-order valence-corrected chi connectivity index (χ1v) is 8.59. The van der Waals surface area contributed by atoms with Crippen LogP contribution in [0.3, 0.4) is 0 Å². The third-order valence-corrected chi connectivity index (χ3v) is 5.83. The molecular formula is C17H20N2OS. The van der Waals surface area contributed by atoms with Gasteiger partial charge in [-0.25, -0.2) is 0 Å². The van der Waals surface area contributed by atoms with Gasteiger partial charge in [0.2, 0.25) is 0 Å². The van der Waals surface area contributed by atoms with Crippen molar-refractivity contribution >= 4 is 33.0 Å². The second kappa shape index (κ2) is 5.02. The minimum Gasteiger partial charge on any atom is -0.399 e. The number of carbonyl (C=O) groups excluding carboxylic acids is 1. The van der Waals surface area contributed by atoms with Crippen LogP contribution in [0.15, 0.2) is 24.3 Å². The van der Waals surface area contributed by atoms with Gasteiger partial charge < -0.3 is 11.1 Å². The van der Waals surface area contributed by atoms with Crippen molar-refractivity contribution in [1.29, 1.82) is 0 Å². The number of hydrogen-bond acceptors (Lipinski definition) is 3. The zero-order chi connectivity index (χ0) is 14.4. The Kier molecular flexibility index (Phi) is 3.14. The summed E-state index contributed by atoms with van der Waals surface area (Å²) in [6.07, 6.45) is 5.44. The summed E-state index contributed by atoms with van der Waals surface area (Å²) in [4.78, 5) is 13.2. The number of hydrogen-bond donors (Lipinski definition) is 2. The van der Waals surface area contributed by atoms with Gasteiger partial charge in [0.25, 0.3) is 5.91 Å². The lowest BCUT2D eigenvalue weighted by Gasteiger charge is -2.15. The minimum atomic E-state index is 0.0704. The van der Waals surface area contributed by atoms with E-state index in [0.29, 0.717) is 0 Å². The summed E-state index contributed by atoms with van der Waals surface area (Å²) < 4.78 is 1.12. The summed E-state index contributed by atoms with van der Waals surface area (Å²) >= 11 is 1.55. The number of amides is 1. The number of thiophene rings is 1. The van der Waals surface area contributed by atoms with Gasteiger partial charge in [0.1, 0.15) is 0 Å². The average molecular weight is 300 g/mol. The van der Waals surface area contributed by atoms with Crippen LogP contribution >= 0.6 is 11.3 Å². The first-order chi connectivity index (χ1) is 10.2. The Bertz CT molecular complexity index is 673. The van der Waals surface area contributed by atoms with Crippen molar-refractivity contribution in [2.75, 3.05) is 12.3 Å². The van der Waals surface area contributed by atoms with Crippen molar-refractivity contribution < 1.29 is 4.79 Å². The van der Waals surface area contributed by atoms with Gasteiger partial charge in [0.15, 0.2) is 0 Å². The maximum absolute atomic E-state index is 12.4. The second-order valence-electron chi connectivity index (χ2n) is 6.46. The highest BCUT2D eigenvalue weighted by molar-refractivity contribution is 7.20. The maximum atomic E-state index is 12.4. The summed E-state index contributed by atoms with van der Waals surface area (Å²) in [5.74, 6) is 2.54. The van der Waals surface area contributed by atoms with Gasteiger partial charge >= 0.3 is 0 Å². The topological polar surface area (TPSA) is 55.1 Å². The van der Waals surface area contributed by atoms with Crippen LogP contribution in [-0.2, 0) is 0 Å². The van der Waals surface area contributed by atoms with E-state index in [2.05, 4.69) is 5.32 Å². The van der Waals surface area contributed by atoms with E-state index in [4.69, 9.17) is 5.73 Å². The van der Waals surface area contributed by atoms with Gasteiger partial charge in [-0.05, 0) is 73.1 Å².